The Hall–Kier alpha value is 0.440. The molecule has 84 valence electrons. The molecule has 0 aromatic heterocycles. The fourth-order valence-corrected chi connectivity index (χ4v) is 3.29. The van der Waals surface area contributed by atoms with E-state index in [-0.39, 0.29) is 6.04 Å². The summed E-state index contributed by atoms with van der Waals surface area (Å²) in [4.78, 5) is 0. The lowest BCUT2D eigenvalue weighted by Gasteiger charge is -2.20. The molecule has 2 atom stereocenters. The average Bonchev–Trinajstić information content (AvgIpc) is 2.21. The molecule has 15 heavy (non-hydrogen) atoms. The quantitative estimate of drug-likeness (QED) is 0.719. The molecule has 0 fully saturated rings. The molecular weight excluding hydrogens is 416 g/mol. The number of benzene rings is 1. The van der Waals surface area contributed by atoms with Crippen LogP contribution in [-0.2, 0) is 0 Å². The van der Waals surface area contributed by atoms with Crippen molar-refractivity contribution in [1.29, 1.82) is 0 Å². The normalized spacial score (nSPS) is 15.0. The molecule has 1 rings (SSSR count). The highest BCUT2D eigenvalue weighted by Gasteiger charge is 2.18. The number of nitrogens with two attached hydrogens (primary N) is 1. The largest absolute Gasteiger partial charge is 0.506 e. The summed E-state index contributed by atoms with van der Waals surface area (Å²) >= 11 is 4.38. The highest BCUT2D eigenvalue weighted by molar-refractivity contribution is 14.1. The monoisotopic (exact) mass is 431 g/mol. The van der Waals surface area contributed by atoms with Gasteiger partial charge in [0.1, 0.15) is 5.75 Å². The lowest BCUT2D eigenvalue weighted by Crippen LogP contribution is -2.19. The molecule has 2 nitrogen and oxygen atoms in total. The Morgan fingerprint density at radius 2 is 2.00 bits per heavy atom. The van der Waals surface area contributed by atoms with Crippen LogP contribution in [0, 0.1) is 13.1 Å². The summed E-state index contributed by atoms with van der Waals surface area (Å²) in [6.07, 6.45) is 1.02. The second kappa shape index (κ2) is 5.67. The Balaban J connectivity index is 3.13. The van der Waals surface area contributed by atoms with Gasteiger partial charge in [-0.3, -0.25) is 0 Å². The summed E-state index contributed by atoms with van der Waals surface area (Å²) in [6.45, 7) is 4.22. The van der Waals surface area contributed by atoms with Crippen molar-refractivity contribution in [2.75, 3.05) is 0 Å². The van der Waals surface area contributed by atoms with Crippen LogP contribution in [0.5, 0.6) is 5.75 Å². The third kappa shape index (κ3) is 3.20. The van der Waals surface area contributed by atoms with Gasteiger partial charge in [0.05, 0.1) is 3.57 Å². The first-order chi connectivity index (χ1) is 6.97. The lowest BCUT2D eigenvalue weighted by molar-refractivity contribution is 0.417. The van der Waals surface area contributed by atoms with Gasteiger partial charge in [-0.25, -0.2) is 0 Å². The molecule has 1 aromatic rings. The molecular formula is C11H15I2NO. The molecule has 0 aliphatic rings. The van der Waals surface area contributed by atoms with Crippen molar-refractivity contribution >= 4 is 45.2 Å². The minimum absolute atomic E-state index is 0.0850. The molecule has 0 saturated carbocycles. The zero-order valence-corrected chi connectivity index (χ0v) is 13.1. The van der Waals surface area contributed by atoms with Gasteiger partial charge in [0.15, 0.2) is 0 Å². The van der Waals surface area contributed by atoms with Gasteiger partial charge in [-0.05, 0) is 63.2 Å². The van der Waals surface area contributed by atoms with E-state index in [1.807, 2.05) is 12.1 Å². The number of halogens is 2. The maximum atomic E-state index is 9.95. The zero-order chi connectivity index (χ0) is 11.6. The Kier molecular flexibility index (Phi) is 5.11. The van der Waals surface area contributed by atoms with Gasteiger partial charge in [0.25, 0.3) is 0 Å². The number of aromatic hydroxyl groups is 1. The molecule has 0 saturated heterocycles. The highest BCUT2D eigenvalue weighted by Crippen LogP contribution is 2.34. The van der Waals surface area contributed by atoms with E-state index in [2.05, 4.69) is 59.0 Å². The van der Waals surface area contributed by atoms with Crippen LogP contribution in [0.1, 0.15) is 31.9 Å². The molecule has 0 spiro atoms. The van der Waals surface area contributed by atoms with E-state index in [4.69, 9.17) is 5.73 Å². The maximum Gasteiger partial charge on any atom is 0.133 e. The van der Waals surface area contributed by atoms with Crippen LogP contribution in [0.4, 0.5) is 0 Å². The van der Waals surface area contributed by atoms with Crippen LogP contribution < -0.4 is 5.73 Å². The topological polar surface area (TPSA) is 46.2 Å². The van der Waals surface area contributed by atoms with Gasteiger partial charge < -0.3 is 10.8 Å². The van der Waals surface area contributed by atoms with Gasteiger partial charge in [0.2, 0.25) is 0 Å². The molecule has 1 unspecified atom stereocenters. The maximum absolute atomic E-state index is 9.95. The lowest BCUT2D eigenvalue weighted by atomic mass is 9.93. The number of phenolic OH excluding ortho intramolecular Hbond substituents is 1. The highest BCUT2D eigenvalue weighted by atomic mass is 127. The van der Waals surface area contributed by atoms with E-state index in [9.17, 15) is 5.11 Å². The smallest absolute Gasteiger partial charge is 0.133 e. The van der Waals surface area contributed by atoms with Gasteiger partial charge in [0, 0.05) is 15.2 Å². The Labute approximate surface area is 118 Å². The predicted molar refractivity (Wildman–Crippen MR) is 79.9 cm³/mol. The Bertz CT molecular complexity index is 355. The number of rotatable bonds is 3. The minimum Gasteiger partial charge on any atom is -0.506 e. The van der Waals surface area contributed by atoms with Crippen LogP contribution >= 0.6 is 45.2 Å². The van der Waals surface area contributed by atoms with Gasteiger partial charge >= 0.3 is 0 Å². The van der Waals surface area contributed by atoms with Crippen molar-refractivity contribution in [3.05, 3.63) is 24.8 Å². The fourth-order valence-electron chi connectivity index (χ4n) is 1.40. The first-order valence-electron chi connectivity index (χ1n) is 4.90. The first kappa shape index (κ1) is 13.5. The summed E-state index contributed by atoms with van der Waals surface area (Å²) in [5, 5.41) is 9.95. The molecule has 0 heterocycles. The summed E-state index contributed by atoms with van der Waals surface area (Å²) in [7, 11) is 0. The average molecular weight is 431 g/mol. The van der Waals surface area contributed by atoms with E-state index in [1.54, 1.807) is 0 Å². The summed E-state index contributed by atoms with van der Waals surface area (Å²) in [6, 6.07) is 3.83. The summed E-state index contributed by atoms with van der Waals surface area (Å²) in [5.41, 5.74) is 6.98. The summed E-state index contributed by atoms with van der Waals surface area (Å²) < 4.78 is 1.98. The van der Waals surface area contributed by atoms with E-state index in [0.717, 1.165) is 19.1 Å². The molecule has 0 bridgehead atoms. The van der Waals surface area contributed by atoms with Crippen molar-refractivity contribution in [3.8, 4) is 5.75 Å². The summed E-state index contributed by atoms with van der Waals surface area (Å²) in [5.74, 6) is 0.716. The molecule has 4 heteroatoms. The Morgan fingerprint density at radius 3 is 2.53 bits per heavy atom. The van der Waals surface area contributed by atoms with Crippen molar-refractivity contribution in [2.24, 2.45) is 11.7 Å². The third-order valence-electron chi connectivity index (χ3n) is 2.67. The van der Waals surface area contributed by atoms with Crippen LogP contribution in [0.2, 0.25) is 0 Å². The number of phenols is 1. The van der Waals surface area contributed by atoms with Crippen LogP contribution in [0.3, 0.4) is 0 Å². The van der Waals surface area contributed by atoms with Crippen LogP contribution in [0.25, 0.3) is 0 Å². The van der Waals surface area contributed by atoms with E-state index < -0.39 is 0 Å². The minimum atomic E-state index is -0.0850. The van der Waals surface area contributed by atoms with Crippen molar-refractivity contribution in [1.82, 2.24) is 0 Å². The van der Waals surface area contributed by atoms with Gasteiger partial charge in [-0.15, -0.1) is 0 Å². The van der Waals surface area contributed by atoms with E-state index in [0.29, 0.717) is 11.7 Å². The van der Waals surface area contributed by atoms with E-state index >= 15 is 0 Å². The fraction of sp³-hybridized carbons (Fsp3) is 0.455. The second-order valence-electron chi connectivity index (χ2n) is 3.74. The molecule has 0 aliphatic heterocycles. The second-order valence-corrected chi connectivity index (χ2v) is 6.14. The number of hydrogen-bond donors (Lipinski definition) is 2. The Morgan fingerprint density at radius 1 is 1.40 bits per heavy atom. The SMILES string of the molecule is CCC(C)[C@@H](N)c1cc(I)cc(I)c1O. The van der Waals surface area contributed by atoms with E-state index in [1.165, 1.54) is 0 Å². The van der Waals surface area contributed by atoms with Crippen molar-refractivity contribution in [2.45, 2.75) is 26.3 Å². The molecule has 0 amide bonds. The van der Waals surface area contributed by atoms with Gasteiger partial charge in [-0.1, -0.05) is 20.3 Å². The standard InChI is InChI=1S/C11H15I2NO/c1-3-6(2)10(14)8-4-7(12)5-9(13)11(8)15/h4-6,10,15H,3,14H2,1-2H3/t6?,10-/m1/s1. The predicted octanol–water partition coefficient (Wildman–Crippen LogP) is 3.65. The van der Waals surface area contributed by atoms with Gasteiger partial charge in [-0.2, -0.15) is 0 Å². The van der Waals surface area contributed by atoms with Crippen LogP contribution in [-0.4, -0.2) is 5.11 Å². The molecule has 3 N–H and O–H groups in total. The molecule has 0 aliphatic carbocycles. The van der Waals surface area contributed by atoms with Crippen LogP contribution in [0.15, 0.2) is 12.1 Å². The molecule has 0 radical (unpaired) electrons. The molecule has 1 aromatic carbocycles. The third-order valence-corrected chi connectivity index (χ3v) is 4.12. The van der Waals surface area contributed by atoms with Crippen molar-refractivity contribution in [3.63, 3.8) is 0 Å². The first-order valence-corrected chi connectivity index (χ1v) is 7.06. The number of hydrogen-bond acceptors (Lipinski definition) is 2. The van der Waals surface area contributed by atoms with Crippen molar-refractivity contribution < 1.29 is 5.11 Å². The zero-order valence-electron chi connectivity index (χ0n) is 8.80.